The molecule has 3 heterocycles. The molecule has 1 aromatic carbocycles. The van der Waals surface area contributed by atoms with Crippen LogP contribution in [0, 0.1) is 5.82 Å². The van der Waals surface area contributed by atoms with Crippen molar-refractivity contribution in [3.63, 3.8) is 0 Å². The molecule has 5 nitrogen and oxygen atoms in total. The Labute approximate surface area is 155 Å². The maximum absolute atomic E-state index is 13.6. The molecule has 26 heavy (non-hydrogen) atoms. The summed E-state index contributed by atoms with van der Waals surface area (Å²) in [4.78, 5) is 19.4. The van der Waals surface area contributed by atoms with E-state index in [-0.39, 0.29) is 23.2 Å². The molecule has 0 bridgehead atoms. The number of thiazole rings is 1. The van der Waals surface area contributed by atoms with E-state index in [1.807, 2.05) is 36.7 Å². The molecular weight excluding hydrogens is 353 g/mol. The molecule has 2 aromatic heterocycles. The summed E-state index contributed by atoms with van der Waals surface area (Å²) in [5, 5.41) is 1.93. The lowest BCUT2D eigenvalue weighted by molar-refractivity contribution is 0.0167. The largest absolute Gasteiger partial charge is 0.486 e. The topological polar surface area (TPSA) is 46.8 Å². The minimum absolute atomic E-state index is 0.0871. The minimum Gasteiger partial charge on any atom is -0.486 e. The van der Waals surface area contributed by atoms with Crippen LogP contribution in [0.2, 0.25) is 0 Å². The van der Waals surface area contributed by atoms with Gasteiger partial charge in [-0.3, -0.25) is 9.20 Å². The fourth-order valence-corrected chi connectivity index (χ4v) is 3.74. The number of nitrogens with zero attached hydrogens (tertiary/aromatic N) is 3. The van der Waals surface area contributed by atoms with Crippen molar-refractivity contribution in [2.75, 3.05) is 13.1 Å². The van der Waals surface area contributed by atoms with Gasteiger partial charge in [-0.1, -0.05) is 20.8 Å². The normalized spacial score (nSPS) is 15.3. The van der Waals surface area contributed by atoms with Gasteiger partial charge in [0, 0.05) is 23.3 Å². The fourth-order valence-electron chi connectivity index (χ4n) is 3.04. The van der Waals surface area contributed by atoms with E-state index in [0.29, 0.717) is 24.5 Å². The van der Waals surface area contributed by atoms with Gasteiger partial charge >= 0.3 is 0 Å². The molecule has 1 saturated heterocycles. The summed E-state index contributed by atoms with van der Waals surface area (Å²) in [6, 6.07) is 4.60. The third-order valence-corrected chi connectivity index (χ3v) is 5.26. The van der Waals surface area contributed by atoms with Crippen molar-refractivity contribution in [1.82, 2.24) is 14.3 Å². The molecule has 0 radical (unpaired) electrons. The van der Waals surface area contributed by atoms with Gasteiger partial charge < -0.3 is 9.64 Å². The van der Waals surface area contributed by atoms with Gasteiger partial charge in [0.1, 0.15) is 23.4 Å². The number of carbonyl (C=O) groups is 1. The molecule has 1 fully saturated rings. The third-order valence-electron chi connectivity index (χ3n) is 4.49. The lowest BCUT2D eigenvalue weighted by Gasteiger charge is -2.39. The van der Waals surface area contributed by atoms with E-state index < -0.39 is 0 Å². The van der Waals surface area contributed by atoms with Crippen LogP contribution in [0.1, 0.15) is 36.8 Å². The highest BCUT2D eigenvalue weighted by atomic mass is 32.1. The molecule has 0 atom stereocenters. The molecule has 0 saturated carbocycles. The number of aromatic nitrogens is 2. The highest BCUT2D eigenvalue weighted by Crippen LogP contribution is 2.33. The number of amides is 1. The Bertz CT molecular complexity index is 938. The molecule has 136 valence electrons. The monoisotopic (exact) mass is 373 g/mol. The summed E-state index contributed by atoms with van der Waals surface area (Å²) in [7, 11) is 0. The molecule has 0 unspecified atom stereocenters. The zero-order chi connectivity index (χ0) is 18.5. The predicted molar refractivity (Wildman–Crippen MR) is 98.5 cm³/mol. The average molecular weight is 373 g/mol. The second-order valence-electron chi connectivity index (χ2n) is 7.56. The molecular formula is C19H20FN3O2S. The van der Waals surface area contributed by atoms with E-state index in [2.05, 4.69) is 4.98 Å². The summed E-state index contributed by atoms with van der Waals surface area (Å²) in [5.41, 5.74) is 1.06. The van der Waals surface area contributed by atoms with Crippen molar-refractivity contribution in [2.24, 2.45) is 0 Å². The molecule has 0 N–H and O–H groups in total. The quantitative estimate of drug-likeness (QED) is 0.703. The van der Waals surface area contributed by atoms with Crippen LogP contribution in [0.15, 0.2) is 36.0 Å². The summed E-state index contributed by atoms with van der Waals surface area (Å²) in [5.74, 6) is 0.321. The third kappa shape index (κ3) is 3.07. The van der Waals surface area contributed by atoms with E-state index in [1.54, 1.807) is 17.2 Å². The van der Waals surface area contributed by atoms with Crippen molar-refractivity contribution in [2.45, 2.75) is 32.3 Å². The number of hydrogen-bond donors (Lipinski definition) is 0. The van der Waals surface area contributed by atoms with Gasteiger partial charge in [0.2, 0.25) is 0 Å². The SMILES string of the molecule is CC(C)(C)c1cc(F)ccc1OC1CN(C(=O)c2cn3ccsc3n2)C1. The summed E-state index contributed by atoms with van der Waals surface area (Å²) >= 11 is 1.50. The smallest absolute Gasteiger partial charge is 0.274 e. The van der Waals surface area contributed by atoms with Gasteiger partial charge in [-0.2, -0.15) is 0 Å². The minimum atomic E-state index is -0.271. The number of likely N-dealkylation sites (tertiary alicyclic amines) is 1. The molecule has 4 rings (SSSR count). The van der Waals surface area contributed by atoms with Crippen molar-refractivity contribution in [1.29, 1.82) is 0 Å². The first kappa shape index (κ1) is 17.0. The molecule has 0 aliphatic carbocycles. The van der Waals surface area contributed by atoms with Gasteiger partial charge in [-0.05, 0) is 23.6 Å². The first-order valence-electron chi connectivity index (χ1n) is 8.49. The summed E-state index contributed by atoms with van der Waals surface area (Å²) < 4.78 is 21.5. The zero-order valence-electron chi connectivity index (χ0n) is 14.9. The number of imidazole rings is 1. The van der Waals surface area contributed by atoms with E-state index in [9.17, 15) is 9.18 Å². The number of halogens is 1. The van der Waals surface area contributed by atoms with E-state index in [0.717, 1.165) is 10.5 Å². The van der Waals surface area contributed by atoms with Crippen LogP contribution in [0.5, 0.6) is 5.75 Å². The molecule has 0 spiro atoms. The van der Waals surface area contributed by atoms with E-state index in [1.165, 1.54) is 23.5 Å². The van der Waals surface area contributed by atoms with Crippen LogP contribution in [-0.2, 0) is 5.41 Å². The van der Waals surface area contributed by atoms with Crippen molar-refractivity contribution >= 4 is 22.2 Å². The number of benzene rings is 1. The molecule has 3 aromatic rings. The molecule has 1 aliphatic heterocycles. The van der Waals surface area contributed by atoms with Crippen LogP contribution in [-0.4, -0.2) is 39.4 Å². The lowest BCUT2D eigenvalue weighted by Crippen LogP contribution is -2.56. The number of rotatable bonds is 3. The van der Waals surface area contributed by atoms with Crippen molar-refractivity contribution < 1.29 is 13.9 Å². The maximum atomic E-state index is 13.6. The maximum Gasteiger partial charge on any atom is 0.274 e. The van der Waals surface area contributed by atoms with Gasteiger partial charge in [0.15, 0.2) is 4.96 Å². The first-order valence-corrected chi connectivity index (χ1v) is 9.37. The molecule has 1 amide bonds. The highest BCUT2D eigenvalue weighted by Gasteiger charge is 2.35. The van der Waals surface area contributed by atoms with Gasteiger partial charge in [0.25, 0.3) is 5.91 Å². The Hall–Kier alpha value is -2.41. The second kappa shape index (κ2) is 6.09. The first-order chi connectivity index (χ1) is 12.3. The van der Waals surface area contributed by atoms with Crippen LogP contribution < -0.4 is 4.74 Å². The Kier molecular flexibility index (Phi) is 3.99. The number of ether oxygens (including phenoxy) is 1. The second-order valence-corrected chi connectivity index (χ2v) is 8.43. The Morgan fingerprint density at radius 2 is 2.12 bits per heavy atom. The van der Waals surface area contributed by atoms with Crippen molar-refractivity contribution in [3.05, 3.63) is 53.0 Å². The Morgan fingerprint density at radius 3 is 2.81 bits per heavy atom. The van der Waals surface area contributed by atoms with Gasteiger partial charge in [-0.25, -0.2) is 9.37 Å². The van der Waals surface area contributed by atoms with E-state index in [4.69, 9.17) is 4.74 Å². The average Bonchev–Trinajstić information content (AvgIpc) is 3.11. The molecule has 7 heteroatoms. The lowest BCUT2D eigenvalue weighted by atomic mass is 9.86. The Morgan fingerprint density at radius 1 is 1.35 bits per heavy atom. The molecule has 1 aliphatic rings. The van der Waals surface area contributed by atoms with Gasteiger partial charge in [-0.15, -0.1) is 11.3 Å². The zero-order valence-corrected chi connectivity index (χ0v) is 15.7. The predicted octanol–water partition coefficient (Wildman–Crippen LogP) is 3.74. The standard InChI is InChI=1S/C19H20FN3O2S/c1-19(2,3)14-8-12(20)4-5-16(14)25-13-9-23(10-13)17(24)15-11-22-6-7-26-18(22)21-15/h4-8,11,13H,9-10H2,1-3H3. The van der Waals surface area contributed by atoms with Crippen LogP contribution >= 0.6 is 11.3 Å². The van der Waals surface area contributed by atoms with E-state index >= 15 is 0 Å². The van der Waals surface area contributed by atoms with Crippen LogP contribution in [0.4, 0.5) is 4.39 Å². The number of hydrogen-bond acceptors (Lipinski definition) is 4. The van der Waals surface area contributed by atoms with Crippen LogP contribution in [0.25, 0.3) is 4.96 Å². The fraction of sp³-hybridized carbons (Fsp3) is 0.368. The highest BCUT2D eigenvalue weighted by molar-refractivity contribution is 7.15. The number of fused-ring (bicyclic) bond motifs is 1. The summed E-state index contributed by atoms with van der Waals surface area (Å²) in [6.45, 7) is 7.08. The summed E-state index contributed by atoms with van der Waals surface area (Å²) in [6.07, 6.45) is 3.54. The van der Waals surface area contributed by atoms with Gasteiger partial charge in [0.05, 0.1) is 13.1 Å². The Balaban J connectivity index is 1.42. The van der Waals surface area contributed by atoms with Crippen LogP contribution in [0.3, 0.4) is 0 Å². The van der Waals surface area contributed by atoms with Crippen molar-refractivity contribution in [3.8, 4) is 5.75 Å². The number of carbonyl (C=O) groups excluding carboxylic acids is 1.